The van der Waals surface area contributed by atoms with Crippen molar-refractivity contribution in [1.82, 2.24) is 19.3 Å². The average molecular weight is 577 g/mol. The van der Waals surface area contributed by atoms with E-state index in [0.29, 0.717) is 36.1 Å². The van der Waals surface area contributed by atoms with Crippen LogP contribution in [0.1, 0.15) is 38.2 Å². The summed E-state index contributed by atoms with van der Waals surface area (Å²) in [4.78, 5) is 4.99. The van der Waals surface area contributed by atoms with E-state index < -0.39 is 10.0 Å². The minimum absolute atomic E-state index is 0.288. The van der Waals surface area contributed by atoms with E-state index in [1.807, 2.05) is 42.5 Å². The molecule has 2 aromatic carbocycles. The molecule has 0 fully saturated rings. The maximum atomic E-state index is 12.6. The van der Waals surface area contributed by atoms with Crippen LogP contribution in [0.5, 0.6) is 0 Å². The van der Waals surface area contributed by atoms with Crippen LogP contribution in [0.4, 0.5) is 5.82 Å². The van der Waals surface area contributed by atoms with Crippen LogP contribution in [0, 0.1) is 0 Å². The maximum Gasteiger partial charge on any atom is 0.240 e. The first-order valence-electron chi connectivity index (χ1n) is 11.4. The van der Waals surface area contributed by atoms with Gasteiger partial charge in [0.15, 0.2) is 5.65 Å². The number of halogens is 2. The molecule has 184 valence electrons. The summed E-state index contributed by atoms with van der Waals surface area (Å²) in [5.41, 5.74) is 3.37. The highest BCUT2D eigenvalue weighted by Crippen LogP contribution is 2.30. The van der Waals surface area contributed by atoms with Crippen molar-refractivity contribution in [2.24, 2.45) is 0 Å². The van der Waals surface area contributed by atoms with Crippen molar-refractivity contribution in [2.75, 3.05) is 18.4 Å². The average Bonchev–Trinajstić information content (AvgIpc) is 3.22. The van der Waals surface area contributed by atoms with Crippen molar-refractivity contribution in [3.63, 3.8) is 0 Å². The number of anilines is 1. The summed E-state index contributed by atoms with van der Waals surface area (Å²) in [6.07, 6.45) is 3.15. The van der Waals surface area contributed by atoms with Gasteiger partial charge in [-0.25, -0.2) is 18.1 Å². The molecule has 0 saturated carbocycles. The van der Waals surface area contributed by atoms with Crippen molar-refractivity contribution in [3.8, 4) is 11.3 Å². The number of hydrogen-bond acceptors (Lipinski definition) is 5. The Morgan fingerprint density at radius 2 is 1.77 bits per heavy atom. The molecule has 0 saturated heterocycles. The van der Waals surface area contributed by atoms with Gasteiger partial charge in [0, 0.05) is 29.7 Å². The summed E-state index contributed by atoms with van der Waals surface area (Å²) >= 11 is 9.89. The molecule has 0 atom stereocenters. The molecule has 0 aliphatic rings. The van der Waals surface area contributed by atoms with Crippen molar-refractivity contribution in [1.29, 1.82) is 0 Å². The van der Waals surface area contributed by atoms with Crippen LogP contribution in [0.25, 0.3) is 16.9 Å². The highest BCUT2D eigenvalue weighted by Gasteiger charge is 2.15. The lowest BCUT2D eigenvalue weighted by Gasteiger charge is -2.12. The molecule has 0 aliphatic heterocycles. The minimum Gasteiger partial charge on any atom is -0.370 e. The lowest BCUT2D eigenvalue weighted by atomic mass is 10.0. The van der Waals surface area contributed by atoms with Gasteiger partial charge in [-0.15, -0.1) is 0 Å². The van der Waals surface area contributed by atoms with Gasteiger partial charge in [-0.1, -0.05) is 55.8 Å². The summed E-state index contributed by atoms with van der Waals surface area (Å²) in [6, 6.07) is 16.5. The second-order valence-corrected chi connectivity index (χ2v) is 11.5. The minimum atomic E-state index is -3.52. The van der Waals surface area contributed by atoms with Crippen LogP contribution in [0.15, 0.2) is 70.2 Å². The van der Waals surface area contributed by atoms with E-state index >= 15 is 0 Å². The Morgan fingerprint density at radius 1 is 1.06 bits per heavy atom. The number of benzene rings is 2. The smallest absolute Gasteiger partial charge is 0.240 e. The molecule has 2 aromatic heterocycles. The largest absolute Gasteiger partial charge is 0.370 e. The molecule has 0 bridgehead atoms. The Hall–Kier alpha value is -2.46. The number of unbranched alkanes of at least 4 members (excludes halogenated alkanes) is 1. The third-order valence-corrected chi connectivity index (χ3v) is 8.00. The first-order chi connectivity index (χ1) is 16.8. The molecule has 7 nitrogen and oxygen atoms in total. The predicted molar refractivity (Wildman–Crippen MR) is 145 cm³/mol. The fourth-order valence-electron chi connectivity index (χ4n) is 3.66. The summed E-state index contributed by atoms with van der Waals surface area (Å²) in [6.45, 7) is 5.16. The van der Waals surface area contributed by atoms with Gasteiger partial charge in [0.1, 0.15) is 5.82 Å². The lowest BCUT2D eigenvalue weighted by Crippen LogP contribution is -2.25. The number of rotatable bonds is 10. The third kappa shape index (κ3) is 6.03. The van der Waals surface area contributed by atoms with Gasteiger partial charge < -0.3 is 5.32 Å². The number of aromatic nitrogens is 3. The van der Waals surface area contributed by atoms with Crippen molar-refractivity contribution in [2.45, 2.75) is 37.5 Å². The first-order valence-corrected chi connectivity index (χ1v) is 14.0. The van der Waals surface area contributed by atoms with Crippen LogP contribution < -0.4 is 10.0 Å². The van der Waals surface area contributed by atoms with E-state index in [1.54, 1.807) is 22.8 Å². The van der Waals surface area contributed by atoms with Crippen LogP contribution in [-0.4, -0.2) is 36.1 Å². The topological polar surface area (TPSA) is 88.4 Å². The van der Waals surface area contributed by atoms with Gasteiger partial charge in [0.25, 0.3) is 0 Å². The second kappa shape index (κ2) is 11.1. The molecule has 2 heterocycles. The van der Waals surface area contributed by atoms with Gasteiger partial charge in [0.05, 0.1) is 21.3 Å². The lowest BCUT2D eigenvalue weighted by molar-refractivity contribution is 0.577. The number of nitrogens with one attached hydrogen (secondary N) is 2. The van der Waals surface area contributed by atoms with E-state index in [2.05, 4.69) is 44.9 Å². The van der Waals surface area contributed by atoms with E-state index in [-0.39, 0.29) is 4.90 Å². The van der Waals surface area contributed by atoms with Gasteiger partial charge >= 0.3 is 0 Å². The molecule has 0 amide bonds. The fourth-order valence-corrected chi connectivity index (χ4v) is 5.31. The summed E-state index contributed by atoms with van der Waals surface area (Å²) in [7, 11) is -3.52. The molecule has 4 rings (SSSR count). The fraction of sp³-hybridized carbons (Fsp3) is 0.280. The SMILES string of the molecule is CC(C)c1ccc(S(=O)(=O)NCCCCNc2cc(-c3ccccc3Cl)nc3c(Br)cnn23)cc1. The standard InChI is InChI=1S/C25H27BrClN5O2S/c1-17(2)18-9-11-19(12-10-18)35(33,34)30-14-6-5-13-28-24-15-23(20-7-3-4-8-22(20)27)31-25-21(26)16-29-32(24)25/h3-4,7-12,15-17,28,30H,5-6,13-14H2,1-2H3. The maximum absolute atomic E-state index is 12.6. The van der Waals surface area contributed by atoms with E-state index in [9.17, 15) is 8.42 Å². The van der Waals surface area contributed by atoms with Crippen LogP contribution >= 0.6 is 27.5 Å². The highest BCUT2D eigenvalue weighted by atomic mass is 79.9. The molecule has 4 aromatic rings. The Kier molecular flexibility index (Phi) is 8.11. The van der Waals surface area contributed by atoms with Crippen LogP contribution in [-0.2, 0) is 10.0 Å². The van der Waals surface area contributed by atoms with Gasteiger partial charge in [-0.2, -0.15) is 9.61 Å². The first kappa shape index (κ1) is 25.6. The third-order valence-electron chi connectivity index (χ3n) is 5.64. The number of fused-ring (bicyclic) bond motifs is 1. The summed E-state index contributed by atoms with van der Waals surface area (Å²) in [5, 5.41) is 8.41. The molecule has 35 heavy (non-hydrogen) atoms. The zero-order valence-corrected chi connectivity index (χ0v) is 22.7. The van der Waals surface area contributed by atoms with E-state index in [0.717, 1.165) is 33.5 Å². The second-order valence-electron chi connectivity index (χ2n) is 8.49. The van der Waals surface area contributed by atoms with Crippen molar-refractivity contribution < 1.29 is 8.42 Å². The Balaban J connectivity index is 1.36. The van der Waals surface area contributed by atoms with Crippen LogP contribution in [0.2, 0.25) is 5.02 Å². The predicted octanol–water partition coefficient (Wildman–Crippen LogP) is 6.11. The van der Waals surface area contributed by atoms with Crippen molar-refractivity contribution in [3.05, 3.63) is 75.9 Å². The monoisotopic (exact) mass is 575 g/mol. The van der Waals surface area contributed by atoms with Crippen molar-refractivity contribution >= 4 is 49.0 Å². The summed E-state index contributed by atoms with van der Waals surface area (Å²) < 4.78 is 30.3. The molecular weight excluding hydrogens is 550 g/mol. The molecule has 0 spiro atoms. The Bertz CT molecular complexity index is 1420. The van der Waals surface area contributed by atoms with Gasteiger partial charge in [0.2, 0.25) is 10.0 Å². The van der Waals surface area contributed by atoms with Crippen LogP contribution in [0.3, 0.4) is 0 Å². The van der Waals surface area contributed by atoms with E-state index in [4.69, 9.17) is 16.6 Å². The molecule has 0 radical (unpaired) electrons. The van der Waals surface area contributed by atoms with Gasteiger partial charge in [-0.05, 0) is 58.5 Å². The summed E-state index contributed by atoms with van der Waals surface area (Å²) in [5.74, 6) is 1.14. The molecular formula is C25H27BrClN5O2S. The number of sulfonamides is 1. The highest BCUT2D eigenvalue weighted by molar-refractivity contribution is 9.10. The Morgan fingerprint density at radius 3 is 2.49 bits per heavy atom. The molecule has 0 aliphatic carbocycles. The zero-order valence-electron chi connectivity index (χ0n) is 19.5. The zero-order chi connectivity index (χ0) is 25.0. The normalized spacial score (nSPS) is 11.9. The quantitative estimate of drug-likeness (QED) is 0.223. The Labute approximate surface area is 219 Å². The molecule has 0 unspecified atom stereocenters. The molecule has 10 heteroatoms. The van der Waals surface area contributed by atoms with E-state index in [1.165, 1.54) is 0 Å². The molecule has 2 N–H and O–H groups in total. The van der Waals surface area contributed by atoms with Gasteiger partial charge in [-0.3, -0.25) is 0 Å². The number of hydrogen-bond donors (Lipinski definition) is 2. The number of nitrogens with zero attached hydrogens (tertiary/aromatic N) is 3.